The number of nitrogens with zero attached hydrogens (tertiary/aromatic N) is 3. The van der Waals surface area contributed by atoms with Gasteiger partial charge in [0.15, 0.2) is 11.0 Å². The van der Waals surface area contributed by atoms with Crippen LogP contribution >= 0.6 is 11.8 Å². The summed E-state index contributed by atoms with van der Waals surface area (Å²) in [6, 6.07) is 17.6. The standard InChI is InChI=1S/C20H22N4OS/c21-15-7-6-8-16(13-15)24-19(14-25-17-9-2-1-3-10-17)22-23-20(24)26-18-11-4-5-12-18/h1-3,6-10,13,18H,4-5,11-12,14,21H2. The van der Waals surface area contributed by atoms with Gasteiger partial charge in [0.05, 0.1) is 5.69 Å². The average molecular weight is 366 g/mol. The van der Waals surface area contributed by atoms with Gasteiger partial charge in [-0.15, -0.1) is 10.2 Å². The highest BCUT2D eigenvalue weighted by Crippen LogP contribution is 2.35. The first-order valence-electron chi connectivity index (χ1n) is 8.94. The predicted octanol–water partition coefficient (Wildman–Crippen LogP) is 4.46. The molecule has 0 unspecified atom stereocenters. The molecule has 0 bridgehead atoms. The van der Waals surface area contributed by atoms with Crippen LogP contribution in [0.2, 0.25) is 0 Å². The Hall–Kier alpha value is -2.47. The Morgan fingerprint density at radius 3 is 2.62 bits per heavy atom. The molecule has 1 heterocycles. The minimum absolute atomic E-state index is 0.358. The molecule has 0 atom stereocenters. The molecule has 0 aliphatic heterocycles. The third-order valence-corrected chi connectivity index (χ3v) is 5.79. The number of ether oxygens (including phenoxy) is 1. The molecule has 4 rings (SSSR count). The summed E-state index contributed by atoms with van der Waals surface area (Å²) in [7, 11) is 0. The topological polar surface area (TPSA) is 66.0 Å². The molecule has 5 nitrogen and oxygen atoms in total. The molecular weight excluding hydrogens is 344 g/mol. The minimum atomic E-state index is 0.358. The maximum absolute atomic E-state index is 6.00. The zero-order valence-corrected chi connectivity index (χ0v) is 15.4. The van der Waals surface area contributed by atoms with Gasteiger partial charge in [-0.25, -0.2) is 0 Å². The van der Waals surface area contributed by atoms with E-state index in [-0.39, 0.29) is 0 Å². The lowest BCUT2D eigenvalue weighted by Gasteiger charge is -2.13. The van der Waals surface area contributed by atoms with Gasteiger partial charge >= 0.3 is 0 Å². The Morgan fingerprint density at radius 1 is 1.04 bits per heavy atom. The van der Waals surface area contributed by atoms with Gasteiger partial charge in [0.2, 0.25) is 0 Å². The smallest absolute Gasteiger partial charge is 0.196 e. The summed E-state index contributed by atoms with van der Waals surface area (Å²) in [6.07, 6.45) is 5.08. The fourth-order valence-corrected chi connectivity index (χ4v) is 4.48. The number of anilines is 1. The summed E-state index contributed by atoms with van der Waals surface area (Å²) < 4.78 is 7.98. The second-order valence-electron chi connectivity index (χ2n) is 6.46. The zero-order chi connectivity index (χ0) is 17.8. The van der Waals surface area contributed by atoms with Gasteiger partial charge in [0.1, 0.15) is 12.4 Å². The largest absolute Gasteiger partial charge is 0.486 e. The summed E-state index contributed by atoms with van der Waals surface area (Å²) >= 11 is 1.81. The van der Waals surface area contributed by atoms with Crippen molar-refractivity contribution < 1.29 is 4.74 Å². The van der Waals surface area contributed by atoms with E-state index >= 15 is 0 Å². The van der Waals surface area contributed by atoms with E-state index in [1.807, 2.05) is 66.4 Å². The van der Waals surface area contributed by atoms with Crippen molar-refractivity contribution in [1.82, 2.24) is 14.8 Å². The van der Waals surface area contributed by atoms with Crippen molar-refractivity contribution in [3.63, 3.8) is 0 Å². The van der Waals surface area contributed by atoms with Crippen molar-refractivity contribution in [1.29, 1.82) is 0 Å². The maximum Gasteiger partial charge on any atom is 0.196 e. The van der Waals surface area contributed by atoms with Crippen LogP contribution in [0.15, 0.2) is 59.8 Å². The Kier molecular flexibility index (Phi) is 5.11. The van der Waals surface area contributed by atoms with E-state index in [1.165, 1.54) is 25.7 Å². The van der Waals surface area contributed by atoms with E-state index in [0.29, 0.717) is 11.9 Å². The van der Waals surface area contributed by atoms with E-state index in [9.17, 15) is 0 Å². The summed E-state index contributed by atoms with van der Waals surface area (Å²) in [5, 5.41) is 10.4. The van der Waals surface area contributed by atoms with E-state index in [2.05, 4.69) is 14.8 Å². The van der Waals surface area contributed by atoms with Crippen molar-refractivity contribution in [3.05, 3.63) is 60.4 Å². The lowest BCUT2D eigenvalue weighted by atomic mass is 10.3. The van der Waals surface area contributed by atoms with E-state index in [0.717, 1.165) is 28.1 Å². The average Bonchev–Trinajstić information content (AvgIpc) is 3.31. The molecule has 1 aliphatic rings. The van der Waals surface area contributed by atoms with Crippen molar-refractivity contribution in [2.45, 2.75) is 42.7 Å². The Balaban J connectivity index is 1.63. The molecule has 1 aromatic heterocycles. The molecule has 134 valence electrons. The Morgan fingerprint density at radius 2 is 1.85 bits per heavy atom. The number of nitrogen functional groups attached to an aromatic ring is 1. The predicted molar refractivity (Wildman–Crippen MR) is 105 cm³/mol. The number of thioether (sulfide) groups is 1. The van der Waals surface area contributed by atoms with Crippen LogP contribution in [-0.2, 0) is 6.61 Å². The summed E-state index contributed by atoms with van der Waals surface area (Å²) in [4.78, 5) is 0. The van der Waals surface area contributed by atoms with Gasteiger partial charge in [-0.2, -0.15) is 0 Å². The highest BCUT2D eigenvalue weighted by molar-refractivity contribution is 7.99. The molecule has 26 heavy (non-hydrogen) atoms. The highest BCUT2D eigenvalue weighted by Gasteiger charge is 2.22. The van der Waals surface area contributed by atoms with E-state index in [4.69, 9.17) is 10.5 Å². The van der Waals surface area contributed by atoms with Gasteiger partial charge in [-0.05, 0) is 43.2 Å². The number of hydrogen-bond acceptors (Lipinski definition) is 5. The Labute approximate surface area is 157 Å². The third-order valence-electron chi connectivity index (χ3n) is 4.51. The van der Waals surface area contributed by atoms with Gasteiger partial charge in [0.25, 0.3) is 0 Å². The second kappa shape index (κ2) is 7.83. The molecule has 2 N–H and O–H groups in total. The zero-order valence-electron chi connectivity index (χ0n) is 14.5. The van der Waals surface area contributed by atoms with Crippen LogP contribution in [-0.4, -0.2) is 20.0 Å². The van der Waals surface area contributed by atoms with Crippen LogP contribution in [0.3, 0.4) is 0 Å². The number of para-hydroxylation sites is 1. The SMILES string of the molecule is Nc1cccc(-n2c(COc3ccccc3)nnc2SC2CCCC2)c1. The monoisotopic (exact) mass is 366 g/mol. The number of benzene rings is 2. The van der Waals surface area contributed by atoms with E-state index < -0.39 is 0 Å². The van der Waals surface area contributed by atoms with Crippen LogP contribution in [0.4, 0.5) is 5.69 Å². The summed E-state index contributed by atoms with van der Waals surface area (Å²) in [5.74, 6) is 1.60. The quantitative estimate of drug-likeness (QED) is 0.652. The van der Waals surface area contributed by atoms with Crippen LogP contribution in [0.1, 0.15) is 31.5 Å². The van der Waals surface area contributed by atoms with Crippen LogP contribution in [0, 0.1) is 0 Å². The fraction of sp³-hybridized carbons (Fsp3) is 0.300. The van der Waals surface area contributed by atoms with Crippen molar-refractivity contribution >= 4 is 17.4 Å². The van der Waals surface area contributed by atoms with Crippen LogP contribution in [0.25, 0.3) is 5.69 Å². The molecule has 1 fully saturated rings. The fourth-order valence-electron chi connectivity index (χ4n) is 3.21. The van der Waals surface area contributed by atoms with Crippen molar-refractivity contribution in [2.75, 3.05) is 5.73 Å². The lowest BCUT2D eigenvalue weighted by Crippen LogP contribution is -2.08. The molecule has 2 aromatic carbocycles. The first-order valence-corrected chi connectivity index (χ1v) is 9.82. The first kappa shape index (κ1) is 17.0. The molecule has 0 amide bonds. The highest BCUT2D eigenvalue weighted by atomic mass is 32.2. The van der Waals surface area contributed by atoms with Gasteiger partial charge in [-0.3, -0.25) is 4.57 Å². The van der Waals surface area contributed by atoms with Crippen molar-refractivity contribution in [2.24, 2.45) is 0 Å². The van der Waals surface area contributed by atoms with Gasteiger partial charge in [-0.1, -0.05) is 48.9 Å². The van der Waals surface area contributed by atoms with Gasteiger partial charge in [0, 0.05) is 10.9 Å². The number of hydrogen-bond donors (Lipinski definition) is 1. The van der Waals surface area contributed by atoms with Crippen LogP contribution in [0.5, 0.6) is 5.75 Å². The minimum Gasteiger partial charge on any atom is -0.486 e. The molecule has 6 heteroatoms. The van der Waals surface area contributed by atoms with Crippen molar-refractivity contribution in [3.8, 4) is 11.4 Å². The molecule has 0 spiro atoms. The maximum atomic E-state index is 6.00. The number of nitrogens with two attached hydrogens (primary N) is 1. The molecule has 0 radical (unpaired) electrons. The Bertz CT molecular complexity index is 859. The number of rotatable bonds is 6. The summed E-state index contributed by atoms with van der Waals surface area (Å²) in [5.41, 5.74) is 7.70. The lowest BCUT2D eigenvalue weighted by molar-refractivity contribution is 0.293. The third kappa shape index (κ3) is 3.85. The number of aromatic nitrogens is 3. The second-order valence-corrected chi connectivity index (χ2v) is 7.72. The van der Waals surface area contributed by atoms with Crippen LogP contribution < -0.4 is 10.5 Å². The molecular formula is C20H22N4OS. The molecule has 1 aliphatic carbocycles. The summed E-state index contributed by atoms with van der Waals surface area (Å²) in [6.45, 7) is 0.358. The van der Waals surface area contributed by atoms with Gasteiger partial charge < -0.3 is 10.5 Å². The molecule has 0 saturated heterocycles. The van der Waals surface area contributed by atoms with E-state index in [1.54, 1.807) is 0 Å². The molecule has 1 saturated carbocycles. The first-order chi connectivity index (χ1) is 12.8. The normalized spacial score (nSPS) is 14.6. The molecule has 3 aromatic rings.